The summed E-state index contributed by atoms with van der Waals surface area (Å²) in [6.07, 6.45) is 0. The van der Waals surface area contributed by atoms with Crippen molar-refractivity contribution < 1.29 is 18.1 Å². The van der Waals surface area contributed by atoms with Crippen LogP contribution in [0.25, 0.3) is 0 Å². The average molecular weight is 420 g/mol. The van der Waals surface area contributed by atoms with Crippen molar-refractivity contribution in [3.8, 4) is 5.75 Å². The first-order chi connectivity index (χ1) is 13.7. The molecule has 0 aliphatic carbocycles. The molecule has 0 aliphatic heterocycles. The van der Waals surface area contributed by atoms with Gasteiger partial charge in [0.15, 0.2) is 0 Å². The van der Waals surface area contributed by atoms with Crippen molar-refractivity contribution in [2.75, 3.05) is 25.6 Å². The summed E-state index contributed by atoms with van der Waals surface area (Å²) >= 11 is 0. The number of hydrogen-bond acceptors (Lipinski definition) is 7. The quantitative estimate of drug-likeness (QED) is 0.377. The van der Waals surface area contributed by atoms with E-state index in [2.05, 4.69) is 10.5 Å². The number of nitrogens with zero attached hydrogens (tertiary/aromatic N) is 3. The molecule has 9 nitrogen and oxygen atoms in total. The van der Waals surface area contributed by atoms with Gasteiger partial charge in [0.2, 0.25) is 10.0 Å². The van der Waals surface area contributed by atoms with E-state index in [1.807, 2.05) is 12.1 Å². The molecule has 2 rings (SSSR count). The molecular formula is C19H24N4O5S. The second-order valence-electron chi connectivity index (χ2n) is 6.06. The number of sulfonamides is 1. The third-order valence-electron chi connectivity index (χ3n) is 4.35. The summed E-state index contributed by atoms with van der Waals surface area (Å²) in [5, 5.41) is 15.4. The summed E-state index contributed by atoms with van der Waals surface area (Å²) in [5.41, 5.74) is 4.02. The molecule has 2 aromatic rings. The smallest absolute Gasteiger partial charge is 0.270 e. The predicted molar refractivity (Wildman–Crippen MR) is 112 cm³/mol. The second-order valence-corrected chi connectivity index (χ2v) is 7.97. The van der Waals surface area contributed by atoms with Crippen molar-refractivity contribution in [1.82, 2.24) is 4.31 Å². The SMILES string of the molecule is CCN(CC)S(=O)(=O)c1cc([N+](=O)[O-])ccc1N/N=C(/C)c1ccc(OC)cc1. The topological polar surface area (TPSA) is 114 Å². The number of rotatable bonds is 9. The van der Waals surface area contributed by atoms with Crippen LogP contribution in [0.5, 0.6) is 5.75 Å². The van der Waals surface area contributed by atoms with Crippen LogP contribution >= 0.6 is 0 Å². The van der Waals surface area contributed by atoms with E-state index in [0.717, 1.165) is 11.6 Å². The van der Waals surface area contributed by atoms with Gasteiger partial charge in [-0.3, -0.25) is 15.5 Å². The Morgan fingerprint density at radius 3 is 2.31 bits per heavy atom. The molecule has 2 aromatic carbocycles. The summed E-state index contributed by atoms with van der Waals surface area (Å²) < 4.78 is 32.3. The lowest BCUT2D eigenvalue weighted by molar-refractivity contribution is -0.385. The summed E-state index contributed by atoms with van der Waals surface area (Å²) in [4.78, 5) is 10.3. The standard InChI is InChI=1S/C19H24N4O5S/c1-5-22(6-2)29(26,27)19-13-16(23(24)25)9-12-18(19)21-20-14(3)15-7-10-17(28-4)11-8-15/h7-13,21H,5-6H2,1-4H3/b20-14-. The van der Waals surface area contributed by atoms with Gasteiger partial charge in [0, 0.05) is 25.2 Å². The minimum absolute atomic E-state index is 0.162. The first-order valence-electron chi connectivity index (χ1n) is 8.97. The van der Waals surface area contributed by atoms with Crippen molar-refractivity contribution in [2.24, 2.45) is 5.10 Å². The first kappa shape index (κ1) is 22.3. The third kappa shape index (κ3) is 5.09. The van der Waals surface area contributed by atoms with E-state index in [1.165, 1.54) is 16.4 Å². The molecule has 0 atom stereocenters. The summed E-state index contributed by atoms with van der Waals surface area (Å²) in [6, 6.07) is 10.9. The maximum absolute atomic E-state index is 13.0. The monoisotopic (exact) mass is 420 g/mol. The molecule has 0 radical (unpaired) electrons. The van der Waals surface area contributed by atoms with E-state index in [-0.39, 0.29) is 29.4 Å². The maximum atomic E-state index is 13.0. The van der Waals surface area contributed by atoms with Crippen LogP contribution in [0.1, 0.15) is 26.3 Å². The average Bonchev–Trinajstić information content (AvgIpc) is 2.72. The molecule has 156 valence electrons. The minimum atomic E-state index is -3.93. The number of nitro benzene ring substituents is 1. The molecule has 0 heterocycles. The number of methoxy groups -OCH3 is 1. The zero-order chi connectivity index (χ0) is 21.6. The Labute approximate surface area is 170 Å². The fourth-order valence-electron chi connectivity index (χ4n) is 2.67. The molecule has 0 aliphatic rings. The molecule has 0 bridgehead atoms. The van der Waals surface area contributed by atoms with Crippen molar-refractivity contribution in [1.29, 1.82) is 0 Å². The van der Waals surface area contributed by atoms with E-state index in [1.54, 1.807) is 40.0 Å². The van der Waals surface area contributed by atoms with Crippen LogP contribution in [0.2, 0.25) is 0 Å². The van der Waals surface area contributed by atoms with Crippen LogP contribution in [0.4, 0.5) is 11.4 Å². The van der Waals surface area contributed by atoms with Gasteiger partial charge in [-0.2, -0.15) is 9.41 Å². The van der Waals surface area contributed by atoms with Gasteiger partial charge in [0.25, 0.3) is 5.69 Å². The molecule has 29 heavy (non-hydrogen) atoms. The van der Waals surface area contributed by atoms with E-state index < -0.39 is 14.9 Å². The second kappa shape index (κ2) is 9.48. The van der Waals surface area contributed by atoms with E-state index >= 15 is 0 Å². The van der Waals surface area contributed by atoms with Crippen molar-refractivity contribution in [2.45, 2.75) is 25.7 Å². The molecule has 0 unspecified atom stereocenters. The van der Waals surface area contributed by atoms with Crippen LogP contribution in [0.15, 0.2) is 52.5 Å². The molecule has 1 N–H and O–H groups in total. The lowest BCUT2D eigenvalue weighted by Gasteiger charge is -2.20. The van der Waals surface area contributed by atoms with Crippen molar-refractivity contribution >= 4 is 27.1 Å². The Bertz CT molecular complexity index is 1000. The molecule has 0 saturated carbocycles. The largest absolute Gasteiger partial charge is 0.497 e. The van der Waals surface area contributed by atoms with Gasteiger partial charge in [-0.05, 0) is 42.8 Å². The van der Waals surface area contributed by atoms with E-state index in [9.17, 15) is 18.5 Å². The number of nitrogens with one attached hydrogen (secondary N) is 1. The molecule has 0 spiro atoms. The van der Waals surface area contributed by atoms with E-state index in [0.29, 0.717) is 11.5 Å². The van der Waals surface area contributed by atoms with Gasteiger partial charge in [-0.1, -0.05) is 13.8 Å². The van der Waals surface area contributed by atoms with Gasteiger partial charge in [0.1, 0.15) is 10.6 Å². The van der Waals surface area contributed by atoms with Gasteiger partial charge < -0.3 is 4.74 Å². The molecular weight excluding hydrogens is 396 g/mol. The number of benzene rings is 2. The number of nitro groups is 1. The molecule has 0 aromatic heterocycles. The zero-order valence-electron chi connectivity index (χ0n) is 16.7. The van der Waals surface area contributed by atoms with Crippen LogP contribution in [-0.2, 0) is 10.0 Å². The highest BCUT2D eigenvalue weighted by atomic mass is 32.2. The highest BCUT2D eigenvalue weighted by Crippen LogP contribution is 2.29. The summed E-state index contributed by atoms with van der Waals surface area (Å²) in [5.74, 6) is 0.706. The van der Waals surface area contributed by atoms with Crippen LogP contribution in [0.3, 0.4) is 0 Å². The van der Waals surface area contributed by atoms with Crippen molar-refractivity contribution in [3.05, 3.63) is 58.1 Å². The van der Waals surface area contributed by atoms with Crippen LogP contribution in [-0.4, -0.2) is 43.6 Å². The van der Waals surface area contributed by atoms with Gasteiger partial charge in [-0.25, -0.2) is 8.42 Å². The fraction of sp³-hybridized carbons (Fsp3) is 0.316. The van der Waals surface area contributed by atoms with Gasteiger partial charge in [-0.15, -0.1) is 0 Å². The Kier molecular flexibility index (Phi) is 7.29. The Hall–Kier alpha value is -2.98. The maximum Gasteiger partial charge on any atom is 0.270 e. The van der Waals surface area contributed by atoms with Crippen LogP contribution in [0, 0.1) is 10.1 Å². The summed E-state index contributed by atoms with van der Waals surface area (Å²) in [6.45, 7) is 5.66. The van der Waals surface area contributed by atoms with Crippen molar-refractivity contribution in [3.63, 3.8) is 0 Å². The molecule has 10 heteroatoms. The molecule has 0 saturated heterocycles. The number of hydrazone groups is 1. The Morgan fingerprint density at radius 2 is 1.79 bits per heavy atom. The number of non-ortho nitro benzene ring substituents is 1. The van der Waals surface area contributed by atoms with Gasteiger partial charge >= 0.3 is 0 Å². The predicted octanol–water partition coefficient (Wildman–Crippen LogP) is 3.47. The van der Waals surface area contributed by atoms with Gasteiger partial charge in [0.05, 0.1) is 23.4 Å². The molecule has 0 amide bonds. The highest BCUT2D eigenvalue weighted by molar-refractivity contribution is 7.89. The Morgan fingerprint density at radius 1 is 1.17 bits per heavy atom. The number of hydrogen-bond donors (Lipinski definition) is 1. The molecule has 0 fully saturated rings. The third-order valence-corrected chi connectivity index (χ3v) is 6.44. The lowest BCUT2D eigenvalue weighted by atomic mass is 10.1. The fourth-order valence-corrected chi connectivity index (χ4v) is 4.29. The normalized spacial score (nSPS) is 12.1. The Balaban J connectivity index is 2.44. The minimum Gasteiger partial charge on any atom is -0.497 e. The van der Waals surface area contributed by atoms with Crippen LogP contribution < -0.4 is 10.2 Å². The first-order valence-corrected chi connectivity index (χ1v) is 10.4. The lowest BCUT2D eigenvalue weighted by Crippen LogP contribution is -2.31. The highest BCUT2D eigenvalue weighted by Gasteiger charge is 2.27. The number of ether oxygens (including phenoxy) is 1. The zero-order valence-corrected chi connectivity index (χ0v) is 17.6. The number of anilines is 1. The van der Waals surface area contributed by atoms with E-state index in [4.69, 9.17) is 4.74 Å². The summed E-state index contributed by atoms with van der Waals surface area (Å²) in [7, 11) is -2.36.